The fourth-order valence-corrected chi connectivity index (χ4v) is 3.41. The number of benzene rings is 2. The van der Waals surface area contributed by atoms with Crippen LogP contribution in [0.25, 0.3) is 0 Å². The fraction of sp³-hybridized carbons (Fsp3) is 0.188. The Kier molecular flexibility index (Phi) is 4.29. The Labute approximate surface area is 124 Å². The Morgan fingerprint density at radius 2 is 1.62 bits per heavy atom. The van der Waals surface area contributed by atoms with Gasteiger partial charge in [0, 0.05) is 0 Å². The van der Waals surface area contributed by atoms with Gasteiger partial charge in [-0.25, -0.2) is 8.42 Å². The molecule has 0 N–H and O–H groups in total. The SMILES string of the molecule is COc1ccc(C(C#N)S(=O)(=O)c2ccc(C)cc2)cc1. The van der Waals surface area contributed by atoms with Crippen LogP contribution in [0.4, 0.5) is 0 Å². The molecule has 2 aromatic carbocycles. The van der Waals surface area contributed by atoms with Crippen LogP contribution in [0, 0.1) is 18.3 Å². The summed E-state index contributed by atoms with van der Waals surface area (Å²) in [5.74, 6) is 0.614. The van der Waals surface area contributed by atoms with Crippen LogP contribution in [0.1, 0.15) is 16.4 Å². The number of aryl methyl sites for hydroxylation is 1. The average Bonchev–Trinajstić information content (AvgIpc) is 2.49. The number of nitrogens with zero attached hydrogens (tertiary/aromatic N) is 1. The Morgan fingerprint density at radius 3 is 2.10 bits per heavy atom. The van der Waals surface area contributed by atoms with Gasteiger partial charge in [-0.2, -0.15) is 5.26 Å². The molecule has 0 amide bonds. The van der Waals surface area contributed by atoms with Crippen molar-refractivity contribution in [1.29, 1.82) is 5.26 Å². The number of hydrogen-bond acceptors (Lipinski definition) is 4. The van der Waals surface area contributed by atoms with Crippen LogP contribution in [0.5, 0.6) is 5.75 Å². The molecule has 0 aliphatic carbocycles. The Bertz CT molecular complexity index is 757. The highest BCUT2D eigenvalue weighted by Gasteiger charge is 2.29. The molecular formula is C16H15NO3S. The number of sulfone groups is 1. The van der Waals surface area contributed by atoms with E-state index in [2.05, 4.69) is 0 Å². The van der Waals surface area contributed by atoms with E-state index in [1.807, 2.05) is 13.0 Å². The summed E-state index contributed by atoms with van der Waals surface area (Å²) in [6.45, 7) is 1.88. The Morgan fingerprint density at radius 1 is 1.05 bits per heavy atom. The van der Waals surface area contributed by atoms with Crippen molar-refractivity contribution in [2.24, 2.45) is 0 Å². The monoisotopic (exact) mass is 301 g/mol. The lowest BCUT2D eigenvalue weighted by molar-refractivity contribution is 0.414. The van der Waals surface area contributed by atoms with Crippen molar-refractivity contribution in [2.75, 3.05) is 7.11 Å². The first-order chi connectivity index (χ1) is 9.98. The normalized spacial score (nSPS) is 12.4. The van der Waals surface area contributed by atoms with E-state index in [1.54, 1.807) is 36.4 Å². The van der Waals surface area contributed by atoms with Gasteiger partial charge < -0.3 is 4.74 Å². The van der Waals surface area contributed by atoms with Gasteiger partial charge in [0.05, 0.1) is 18.1 Å². The molecule has 2 rings (SSSR count). The second kappa shape index (κ2) is 5.98. The van der Waals surface area contributed by atoms with Crippen molar-refractivity contribution in [2.45, 2.75) is 17.1 Å². The summed E-state index contributed by atoms with van der Waals surface area (Å²) in [7, 11) is -2.21. The largest absolute Gasteiger partial charge is 0.497 e. The van der Waals surface area contributed by atoms with Gasteiger partial charge in [-0.3, -0.25) is 0 Å². The smallest absolute Gasteiger partial charge is 0.198 e. The lowest BCUT2D eigenvalue weighted by Gasteiger charge is -2.12. The molecule has 0 spiro atoms. The van der Waals surface area contributed by atoms with Crippen LogP contribution in [-0.2, 0) is 9.84 Å². The summed E-state index contributed by atoms with van der Waals surface area (Å²) in [6.07, 6.45) is 0. The Balaban J connectivity index is 2.44. The van der Waals surface area contributed by atoms with Crippen LogP contribution >= 0.6 is 0 Å². The van der Waals surface area contributed by atoms with Crippen molar-refractivity contribution in [1.82, 2.24) is 0 Å². The van der Waals surface area contributed by atoms with Gasteiger partial charge in [0.25, 0.3) is 0 Å². The zero-order chi connectivity index (χ0) is 15.5. The predicted octanol–water partition coefficient (Wildman–Crippen LogP) is 3.04. The molecule has 108 valence electrons. The summed E-state index contributed by atoms with van der Waals surface area (Å²) in [5.41, 5.74) is 1.39. The number of hydrogen-bond donors (Lipinski definition) is 0. The number of nitriles is 1. The summed E-state index contributed by atoms with van der Waals surface area (Å²) >= 11 is 0. The topological polar surface area (TPSA) is 67.2 Å². The van der Waals surface area contributed by atoms with E-state index in [0.29, 0.717) is 11.3 Å². The molecule has 4 nitrogen and oxygen atoms in total. The maximum absolute atomic E-state index is 12.6. The minimum absolute atomic E-state index is 0.149. The first-order valence-corrected chi connectivity index (χ1v) is 7.88. The van der Waals surface area contributed by atoms with Crippen molar-refractivity contribution in [3.05, 3.63) is 59.7 Å². The van der Waals surface area contributed by atoms with E-state index in [9.17, 15) is 13.7 Å². The highest BCUT2D eigenvalue weighted by Crippen LogP contribution is 2.29. The lowest BCUT2D eigenvalue weighted by Crippen LogP contribution is -2.12. The highest BCUT2D eigenvalue weighted by atomic mass is 32.2. The second-order valence-electron chi connectivity index (χ2n) is 4.64. The van der Waals surface area contributed by atoms with Crippen molar-refractivity contribution in [3.63, 3.8) is 0 Å². The molecule has 0 bridgehead atoms. The molecule has 0 fully saturated rings. The average molecular weight is 301 g/mol. The van der Waals surface area contributed by atoms with Crippen LogP contribution in [0.2, 0.25) is 0 Å². The quantitative estimate of drug-likeness (QED) is 0.870. The van der Waals surface area contributed by atoms with Gasteiger partial charge in [-0.05, 0) is 36.8 Å². The third kappa shape index (κ3) is 3.06. The molecular weight excluding hydrogens is 286 g/mol. The molecule has 0 saturated carbocycles. The highest BCUT2D eigenvalue weighted by molar-refractivity contribution is 7.92. The summed E-state index contributed by atoms with van der Waals surface area (Å²) in [6, 6.07) is 14.8. The van der Waals surface area contributed by atoms with Crippen molar-refractivity contribution < 1.29 is 13.2 Å². The molecule has 0 aromatic heterocycles. The van der Waals surface area contributed by atoms with E-state index in [4.69, 9.17) is 4.74 Å². The molecule has 1 unspecified atom stereocenters. The van der Waals surface area contributed by atoms with E-state index in [-0.39, 0.29) is 4.90 Å². The van der Waals surface area contributed by atoms with Crippen LogP contribution in [0.15, 0.2) is 53.4 Å². The van der Waals surface area contributed by atoms with Crippen LogP contribution < -0.4 is 4.74 Å². The van der Waals surface area contributed by atoms with E-state index >= 15 is 0 Å². The maximum Gasteiger partial charge on any atom is 0.198 e. The number of rotatable bonds is 4. The molecule has 0 saturated heterocycles. The van der Waals surface area contributed by atoms with Crippen molar-refractivity contribution >= 4 is 9.84 Å². The molecule has 0 heterocycles. The minimum atomic E-state index is -3.74. The summed E-state index contributed by atoms with van der Waals surface area (Å²) < 4.78 is 30.2. The number of ether oxygens (including phenoxy) is 1. The molecule has 21 heavy (non-hydrogen) atoms. The van der Waals surface area contributed by atoms with Gasteiger partial charge >= 0.3 is 0 Å². The fourth-order valence-electron chi connectivity index (χ4n) is 1.97. The maximum atomic E-state index is 12.6. The second-order valence-corrected chi connectivity index (χ2v) is 6.67. The summed E-state index contributed by atoms with van der Waals surface area (Å²) in [4.78, 5) is 0.149. The minimum Gasteiger partial charge on any atom is -0.497 e. The zero-order valence-electron chi connectivity index (χ0n) is 11.8. The molecule has 0 radical (unpaired) electrons. The van der Waals surface area contributed by atoms with Crippen LogP contribution in [0.3, 0.4) is 0 Å². The van der Waals surface area contributed by atoms with E-state index in [1.165, 1.54) is 19.2 Å². The molecule has 1 atom stereocenters. The van der Waals surface area contributed by atoms with E-state index < -0.39 is 15.1 Å². The molecule has 2 aromatic rings. The third-order valence-electron chi connectivity index (χ3n) is 3.20. The molecule has 0 aliphatic heterocycles. The molecule has 0 aliphatic rings. The standard InChI is InChI=1S/C16H15NO3S/c1-12-3-9-15(10-4-12)21(18,19)16(11-17)13-5-7-14(20-2)8-6-13/h3-10,16H,1-2H3. The van der Waals surface area contributed by atoms with Crippen LogP contribution in [-0.4, -0.2) is 15.5 Å². The van der Waals surface area contributed by atoms with Gasteiger partial charge in [0.1, 0.15) is 5.75 Å². The first kappa shape index (κ1) is 15.1. The lowest BCUT2D eigenvalue weighted by atomic mass is 10.1. The van der Waals surface area contributed by atoms with E-state index in [0.717, 1.165) is 5.56 Å². The predicted molar refractivity (Wildman–Crippen MR) is 79.7 cm³/mol. The zero-order valence-corrected chi connectivity index (χ0v) is 12.6. The third-order valence-corrected chi connectivity index (χ3v) is 5.12. The van der Waals surface area contributed by atoms with Gasteiger partial charge in [-0.1, -0.05) is 29.8 Å². The Hall–Kier alpha value is -2.32. The van der Waals surface area contributed by atoms with Crippen molar-refractivity contribution in [3.8, 4) is 11.8 Å². The number of methoxy groups -OCH3 is 1. The molecule has 5 heteroatoms. The first-order valence-electron chi connectivity index (χ1n) is 6.33. The summed E-state index contributed by atoms with van der Waals surface area (Å²) in [5, 5.41) is 8.07. The van der Waals surface area contributed by atoms with Gasteiger partial charge in [0.15, 0.2) is 15.1 Å². The van der Waals surface area contributed by atoms with Gasteiger partial charge in [-0.15, -0.1) is 0 Å². The van der Waals surface area contributed by atoms with Gasteiger partial charge in [0.2, 0.25) is 0 Å².